The van der Waals surface area contributed by atoms with Crippen molar-refractivity contribution in [2.75, 3.05) is 13.1 Å². The van der Waals surface area contributed by atoms with Gasteiger partial charge in [-0.05, 0) is 43.2 Å². The van der Waals surface area contributed by atoms with Crippen LogP contribution in [0.1, 0.15) is 12.8 Å². The lowest BCUT2D eigenvalue weighted by Gasteiger charge is -2.31. The number of rotatable bonds is 4. The maximum absolute atomic E-state index is 13.3. The molecule has 6 nitrogen and oxygen atoms in total. The number of hydrogen-bond acceptors (Lipinski definition) is 4. The summed E-state index contributed by atoms with van der Waals surface area (Å²) >= 11 is 0. The number of para-hydroxylation sites is 1. The van der Waals surface area contributed by atoms with Crippen molar-refractivity contribution in [2.24, 2.45) is 7.05 Å². The Balaban J connectivity index is 1.34. The second-order valence-corrected chi connectivity index (χ2v) is 9.57. The number of benzene rings is 2. The van der Waals surface area contributed by atoms with Crippen molar-refractivity contribution < 1.29 is 13.2 Å². The molecule has 1 aliphatic heterocycles. The minimum Gasteiger partial charge on any atom is -0.490 e. The normalized spacial score (nSPS) is 16.3. The van der Waals surface area contributed by atoms with Gasteiger partial charge >= 0.3 is 0 Å². The molecule has 0 radical (unpaired) electrons. The van der Waals surface area contributed by atoms with E-state index in [1.807, 2.05) is 43.6 Å². The number of aryl methyl sites for hydroxylation is 1. The topological polar surface area (TPSA) is 64.4 Å². The van der Waals surface area contributed by atoms with Crippen molar-refractivity contribution in [3.05, 3.63) is 67.0 Å². The largest absolute Gasteiger partial charge is 0.490 e. The van der Waals surface area contributed by atoms with Crippen LogP contribution in [-0.2, 0) is 17.1 Å². The fourth-order valence-electron chi connectivity index (χ4n) is 4.17. The molecule has 4 aromatic rings. The summed E-state index contributed by atoms with van der Waals surface area (Å²) < 4.78 is 36.5. The standard InChI is InChI=1S/C23H23N3O3S/c1-25-14-12-19-20(25)7-3-8-21(19)29-18-10-15-26(16-11-18)30(27,28)22-9-2-5-17-6-4-13-24-23(17)22/h2-9,12-14,18H,10-11,15-16H2,1H3. The van der Waals surface area contributed by atoms with Crippen LogP contribution in [0.5, 0.6) is 5.75 Å². The second kappa shape index (κ2) is 7.41. The van der Waals surface area contributed by atoms with E-state index in [9.17, 15) is 8.42 Å². The summed E-state index contributed by atoms with van der Waals surface area (Å²) in [5.41, 5.74) is 1.64. The molecule has 0 aliphatic carbocycles. The van der Waals surface area contributed by atoms with Gasteiger partial charge in [0.05, 0.1) is 11.0 Å². The van der Waals surface area contributed by atoms with Crippen molar-refractivity contribution in [1.29, 1.82) is 0 Å². The number of sulfonamides is 1. The van der Waals surface area contributed by atoms with Crippen LogP contribution in [0.15, 0.2) is 71.9 Å². The molecule has 2 aromatic heterocycles. The first kappa shape index (κ1) is 19.1. The van der Waals surface area contributed by atoms with E-state index < -0.39 is 10.0 Å². The van der Waals surface area contributed by atoms with Gasteiger partial charge in [0.15, 0.2) is 0 Å². The van der Waals surface area contributed by atoms with Gasteiger partial charge in [-0.2, -0.15) is 4.31 Å². The predicted octanol–water partition coefficient (Wildman–Crippen LogP) is 3.96. The summed E-state index contributed by atoms with van der Waals surface area (Å²) in [4.78, 5) is 4.58. The molecule has 7 heteroatoms. The van der Waals surface area contributed by atoms with Crippen LogP contribution in [0.2, 0.25) is 0 Å². The Kier molecular flexibility index (Phi) is 4.72. The smallest absolute Gasteiger partial charge is 0.245 e. The molecule has 3 heterocycles. The van der Waals surface area contributed by atoms with E-state index in [0.717, 1.165) is 22.0 Å². The zero-order chi connectivity index (χ0) is 20.7. The van der Waals surface area contributed by atoms with Crippen LogP contribution < -0.4 is 4.74 Å². The van der Waals surface area contributed by atoms with Gasteiger partial charge in [0.1, 0.15) is 16.7 Å². The Morgan fingerprint density at radius 2 is 1.77 bits per heavy atom. The van der Waals surface area contributed by atoms with Crippen LogP contribution in [0.3, 0.4) is 0 Å². The van der Waals surface area contributed by atoms with Gasteiger partial charge < -0.3 is 9.30 Å². The van der Waals surface area contributed by atoms with E-state index in [1.165, 1.54) is 0 Å². The molecule has 0 bridgehead atoms. The molecule has 1 saturated heterocycles. The Labute approximate surface area is 175 Å². The average molecular weight is 422 g/mol. The Hall–Kier alpha value is -2.90. The van der Waals surface area contributed by atoms with Gasteiger partial charge in [0.2, 0.25) is 10.0 Å². The van der Waals surface area contributed by atoms with Gasteiger partial charge in [0, 0.05) is 43.3 Å². The first-order valence-corrected chi connectivity index (χ1v) is 11.5. The summed E-state index contributed by atoms with van der Waals surface area (Å²) in [6.07, 6.45) is 4.95. The molecular formula is C23H23N3O3S. The van der Waals surface area contributed by atoms with E-state index in [-0.39, 0.29) is 11.0 Å². The highest BCUT2D eigenvalue weighted by molar-refractivity contribution is 7.89. The highest BCUT2D eigenvalue weighted by Gasteiger charge is 2.31. The Bertz CT molecular complexity index is 1320. The van der Waals surface area contributed by atoms with E-state index in [4.69, 9.17) is 4.74 Å². The summed E-state index contributed by atoms with van der Waals surface area (Å²) in [5, 5.41) is 1.91. The van der Waals surface area contributed by atoms with Gasteiger partial charge in [-0.1, -0.05) is 24.3 Å². The molecule has 0 saturated carbocycles. The lowest BCUT2D eigenvalue weighted by atomic mass is 10.1. The van der Waals surface area contributed by atoms with E-state index in [0.29, 0.717) is 31.4 Å². The van der Waals surface area contributed by atoms with Gasteiger partial charge in [-0.25, -0.2) is 8.42 Å². The first-order valence-electron chi connectivity index (χ1n) is 10.1. The average Bonchev–Trinajstić information content (AvgIpc) is 3.16. The summed E-state index contributed by atoms with van der Waals surface area (Å²) in [5.74, 6) is 0.854. The van der Waals surface area contributed by atoms with Crippen molar-refractivity contribution in [3.8, 4) is 5.75 Å². The summed E-state index contributed by atoms with van der Waals surface area (Å²) in [6, 6.07) is 17.1. The van der Waals surface area contributed by atoms with Crippen molar-refractivity contribution in [2.45, 2.75) is 23.8 Å². The molecule has 0 atom stereocenters. The van der Waals surface area contributed by atoms with E-state index in [2.05, 4.69) is 21.7 Å². The van der Waals surface area contributed by atoms with Gasteiger partial charge in [-0.3, -0.25) is 4.98 Å². The molecule has 0 spiro atoms. The molecular weight excluding hydrogens is 398 g/mol. The van der Waals surface area contributed by atoms with Crippen molar-refractivity contribution >= 4 is 31.8 Å². The number of hydrogen-bond donors (Lipinski definition) is 0. The zero-order valence-electron chi connectivity index (χ0n) is 16.7. The summed E-state index contributed by atoms with van der Waals surface area (Å²) in [7, 11) is -1.59. The molecule has 2 aromatic carbocycles. The number of aromatic nitrogens is 2. The minimum atomic E-state index is -3.60. The number of ether oxygens (including phenoxy) is 1. The van der Waals surface area contributed by atoms with Gasteiger partial charge in [0.25, 0.3) is 0 Å². The summed E-state index contributed by atoms with van der Waals surface area (Å²) in [6.45, 7) is 0.863. The van der Waals surface area contributed by atoms with Crippen LogP contribution in [0.4, 0.5) is 0 Å². The third kappa shape index (κ3) is 3.24. The maximum Gasteiger partial charge on any atom is 0.245 e. The third-order valence-electron chi connectivity index (χ3n) is 5.80. The quantitative estimate of drug-likeness (QED) is 0.500. The van der Waals surface area contributed by atoms with Crippen LogP contribution in [-0.4, -0.2) is 41.5 Å². The monoisotopic (exact) mass is 421 g/mol. The lowest BCUT2D eigenvalue weighted by Crippen LogP contribution is -2.41. The second-order valence-electron chi connectivity index (χ2n) is 7.67. The lowest BCUT2D eigenvalue weighted by molar-refractivity contribution is 0.137. The molecule has 30 heavy (non-hydrogen) atoms. The van der Waals surface area contributed by atoms with Crippen molar-refractivity contribution in [3.63, 3.8) is 0 Å². The molecule has 0 N–H and O–H groups in total. The molecule has 1 aliphatic rings. The first-order chi connectivity index (χ1) is 14.5. The Morgan fingerprint density at radius 1 is 1.00 bits per heavy atom. The third-order valence-corrected chi connectivity index (χ3v) is 7.73. The fraction of sp³-hybridized carbons (Fsp3) is 0.261. The molecule has 154 valence electrons. The number of piperidine rings is 1. The number of fused-ring (bicyclic) bond motifs is 2. The minimum absolute atomic E-state index is 0.00658. The van der Waals surface area contributed by atoms with Crippen LogP contribution in [0, 0.1) is 0 Å². The zero-order valence-corrected chi connectivity index (χ0v) is 17.5. The fourth-order valence-corrected chi connectivity index (χ4v) is 5.81. The maximum atomic E-state index is 13.3. The van der Waals surface area contributed by atoms with E-state index in [1.54, 1.807) is 22.6 Å². The molecule has 0 amide bonds. The Morgan fingerprint density at radius 3 is 2.60 bits per heavy atom. The van der Waals surface area contributed by atoms with E-state index >= 15 is 0 Å². The number of nitrogens with zero attached hydrogens (tertiary/aromatic N) is 3. The van der Waals surface area contributed by atoms with Crippen LogP contribution >= 0.6 is 0 Å². The molecule has 5 rings (SSSR count). The predicted molar refractivity (Wildman–Crippen MR) is 117 cm³/mol. The van der Waals surface area contributed by atoms with Gasteiger partial charge in [-0.15, -0.1) is 0 Å². The van der Waals surface area contributed by atoms with Crippen molar-refractivity contribution in [1.82, 2.24) is 13.9 Å². The highest BCUT2D eigenvalue weighted by Crippen LogP contribution is 2.30. The molecule has 0 unspecified atom stereocenters. The SMILES string of the molecule is Cn1ccc2c(OC3CCN(S(=O)(=O)c4cccc5cccnc45)CC3)cccc21. The van der Waals surface area contributed by atoms with Crippen LogP contribution in [0.25, 0.3) is 21.8 Å². The number of pyridine rings is 1. The highest BCUT2D eigenvalue weighted by atomic mass is 32.2. The molecule has 1 fully saturated rings.